The van der Waals surface area contributed by atoms with Gasteiger partial charge in [-0.1, -0.05) is 0 Å². The molecule has 0 aromatic rings. The first kappa shape index (κ1) is 18.2. The maximum absolute atomic E-state index is 13.8. The number of likely N-dealkylation sites (tertiary alicyclic amines) is 1. The third kappa shape index (κ3) is 3.18. The van der Waals surface area contributed by atoms with Crippen LogP contribution in [0.3, 0.4) is 0 Å². The van der Waals surface area contributed by atoms with Gasteiger partial charge in [0.2, 0.25) is 5.91 Å². The molecule has 0 bridgehead atoms. The molecule has 1 saturated carbocycles. The Labute approximate surface area is 158 Å². The monoisotopic (exact) mass is 385 g/mol. The van der Waals surface area contributed by atoms with Crippen molar-refractivity contribution in [3.05, 3.63) is 0 Å². The fourth-order valence-corrected chi connectivity index (χ4v) is 5.94. The van der Waals surface area contributed by atoms with Crippen LogP contribution in [0.1, 0.15) is 44.9 Å². The average Bonchev–Trinajstić information content (AvgIpc) is 3.27. The minimum absolute atomic E-state index is 0.0201. The first-order valence-corrected chi connectivity index (χ1v) is 10.6. The minimum atomic E-state index is -3.53. The van der Waals surface area contributed by atoms with Crippen molar-refractivity contribution in [2.75, 3.05) is 32.7 Å². The van der Waals surface area contributed by atoms with Crippen molar-refractivity contribution in [3.8, 4) is 0 Å². The number of rotatable bonds is 3. The van der Waals surface area contributed by atoms with E-state index in [1.54, 1.807) is 0 Å². The molecule has 0 spiro atoms. The van der Waals surface area contributed by atoms with Gasteiger partial charge in [0.25, 0.3) is 0 Å². The van der Waals surface area contributed by atoms with Crippen molar-refractivity contribution in [1.82, 2.24) is 14.7 Å². The highest BCUT2D eigenvalue weighted by Gasteiger charge is 2.61. The second-order valence-corrected chi connectivity index (χ2v) is 8.67. The summed E-state index contributed by atoms with van der Waals surface area (Å²) in [6.45, 7) is 4.73. The van der Waals surface area contributed by atoms with Crippen molar-refractivity contribution >= 4 is 5.91 Å². The van der Waals surface area contributed by atoms with E-state index in [-0.39, 0.29) is 24.0 Å². The lowest BCUT2D eigenvalue weighted by Crippen LogP contribution is -2.71. The first-order chi connectivity index (χ1) is 13.0. The van der Waals surface area contributed by atoms with Crippen LogP contribution in [0.4, 0.5) is 8.78 Å². The molecule has 4 heterocycles. The van der Waals surface area contributed by atoms with Gasteiger partial charge < -0.3 is 9.80 Å². The fourth-order valence-electron chi connectivity index (χ4n) is 5.94. The SMILES string of the molecule is O=C1C2CCC3OC(F)(F)OC3C2N(CCN2CCCC2)C2CCCCN12. The highest BCUT2D eigenvalue weighted by molar-refractivity contribution is 5.81. The number of amides is 1. The van der Waals surface area contributed by atoms with Gasteiger partial charge in [-0.3, -0.25) is 19.2 Å². The molecule has 5 rings (SSSR count). The summed E-state index contributed by atoms with van der Waals surface area (Å²) in [5.41, 5.74) is 0. The maximum atomic E-state index is 13.8. The smallest absolute Gasteiger partial charge is 0.327 e. The molecule has 5 unspecified atom stereocenters. The molecule has 0 aromatic heterocycles. The zero-order valence-corrected chi connectivity index (χ0v) is 15.7. The molecule has 5 fully saturated rings. The van der Waals surface area contributed by atoms with Gasteiger partial charge in [0.1, 0.15) is 6.10 Å². The predicted molar refractivity (Wildman–Crippen MR) is 92.9 cm³/mol. The van der Waals surface area contributed by atoms with Crippen LogP contribution in [0.15, 0.2) is 0 Å². The lowest BCUT2D eigenvalue weighted by atomic mass is 9.76. The molecule has 27 heavy (non-hydrogen) atoms. The molecule has 4 aliphatic heterocycles. The fraction of sp³-hybridized carbons (Fsp3) is 0.947. The second-order valence-electron chi connectivity index (χ2n) is 8.67. The normalized spacial score (nSPS) is 42.1. The van der Waals surface area contributed by atoms with Gasteiger partial charge in [0.15, 0.2) is 0 Å². The van der Waals surface area contributed by atoms with Gasteiger partial charge >= 0.3 is 6.29 Å². The summed E-state index contributed by atoms with van der Waals surface area (Å²) in [5.74, 6) is -0.115. The van der Waals surface area contributed by atoms with Crippen molar-refractivity contribution in [3.63, 3.8) is 0 Å². The van der Waals surface area contributed by atoms with Gasteiger partial charge in [0.05, 0.1) is 24.2 Å². The number of nitrogens with zero attached hydrogens (tertiary/aromatic N) is 3. The summed E-state index contributed by atoms with van der Waals surface area (Å²) < 4.78 is 37.6. The Balaban J connectivity index is 1.42. The van der Waals surface area contributed by atoms with E-state index in [1.165, 1.54) is 12.8 Å². The number of ether oxygens (including phenoxy) is 2. The summed E-state index contributed by atoms with van der Waals surface area (Å²) in [4.78, 5) is 19.9. The molecule has 5 atom stereocenters. The van der Waals surface area contributed by atoms with E-state index < -0.39 is 18.5 Å². The van der Waals surface area contributed by atoms with Gasteiger partial charge in [-0.2, -0.15) is 0 Å². The zero-order chi connectivity index (χ0) is 18.6. The average molecular weight is 385 g/mol. The molecule has 0 N–H and O–H groups in total. The lowest BCUT2D eigenvalue weighted by Gasteiger charge is -2.56. The minimum Gasteiger partial charge on any atom is -0.327 e. The van der Waals surface area contributed by atoms with Crippen molar-refractivity contribution in [2.24, 2.45) is 5.92 Å². The van der Waals surface area contributed by atoms with Gasteiger partial charge in [-0.25, -0.2) is 0 Å². The number of carbonyl (C=O) groups excluding carboxylic acids is 1. The van der Waals surface area contributed by atoms with Crippen LogP contribution in [0, 0.1) is 5.92 Å². The zero-order valence-electron chi connectivity index (χ0n) is 15.7. The van der Waals surface area contributed by atoms with Crippen LogP contribution in [0.5, 0.6) is 0 Å². The third-order valence-electron chi connectivity index (χ3n) is 7.15. The van der Waals surface area contributed by atoms with Gasteiger partial charge in [-0.05, 0) is 58.0 Å². The molecule has 5 aliphatic rings. The van der Waals surface area contributed by atoms with Crippen LogP contribution in [0.25, 0.3) is 0 Å². The molecule has 0 aromatic carbocycles. The molecule has 6 nitrogen and oxygen atoms in total. The van der Waals surface area contributed by atoms with E-state index in [0.717, 1.165) is 52.0 Å². The lowest BCUT2D eigenvalue weighted by molar-refractivity contribution is -0.353. The summed E-state index contributed by atoms with van der Waals surface area (Å²) in [6, 6.07) is -0.299. The van der Waals surface area contributed by atoms with Gasteiger partial charge in [-0.15, -0.1) is 8.78 Å². The standard InChI is InChI=1S/C19H29F2N3O3/c20-19(21)26-14-7-6-13-16(17(14)27-19)23(12-11-22-8-3-4-9-22)15-5-1-2-10-24(15)18(13)25/h13-17H,1-12H2. The maximum Gasteiger partial charge on any atom is 0.486 e. The van der Waals surface area contributed by atoms with E-state index in [4.69, 9.17) is 9.47 Å². The van der Waals surface area contributed by atoms with E-state index in [1.807, 2.05) is 4.90 Å². The summed E-state index contributed by atoms with van der Waals surface area (Å²) >= 11 is 0. The number of piperidine rings is 1. The van der Waals surface area contributed by atoms with Crippen LogP contribution < -0.4 is 0 Å². The highest BCUT2D eigenvalue weighted by Crippen LogP contribution is 2.46. The topological polar surface area (TPSA) is 45.3 Å². The molecule has 8 heteroatoms. The number of hydrogen-bond acceptors (Lipinski definition) is 5. The Morgan fingerprint density at radius 2 is 1.74 bits per heavy atom. The quantitative estimate of drug-likeness (QED) is 0.742. The van der Waals surface area contributed by atoms with Crippen molar-refractivity contribution < 1.29 is 23.0 Å². The Kier molecular flexibility index (Phi) is 4.65. The number of hydrogen-bond donors (Lipinski definition) is 0. The summed E-state index contributed by atoms with van der Waals surface area (Å²) in [7, 11) is 0. The van der Waals surface area contributed by atoms with Crippen LogP contribution in [-0.4, -0.2) is 84.0 Å². The largest absolute Gasteiger partial charge is 0.486 e. The highest BCUT2D eigenvalue weighted by atomic mass is 19.3. The van der Waals surface area contributed by atoms with Crippen molar-refractivity contribution in [1.29, 1.82) is 0 Å². The summed E-state index contributed by atoms with van der Waals surface area (Å²) in [6.07, 6.45) is 1.72. The first-order valence-electron chi connectivity index (χ1n) is 10.6. The molecular formula is C19H29F2N3O3. The number of alkyl halides is 2. The Morgan fingerprint density at radius 1 is 0.963 bits per heavy atom. The van der Waals surface area contributed by atoms with Crippen LogP contribution in [0.2, 0.25) is 0 Å². The Hall–Kier alpha value is -0.830. The Morgan fingerprint density at radius 3 is 2.56 bits per heavy atom. The predicted octanol–water partition coefficient (Wildman–Crippen LogP) is 1.85. The van der Waals surface area contributed by atoms with Gasteiger partial charge in [0, 0.05) is 19.6 Å². The molecule has 0 radical (unpaired) electrons. The molecule has 1 aliphatic carbocycles. The van der Waals surface area contributed by atoms with E-state index in [9.17, 15) is 13.6 Å². The van der Waals surface area contributed by atoms with E-state index in [2.05, 4.69) is 9.80 Å². The number of carbonyl (C=O) groups is 1. The van der Waals surface area contributed by atoms with Crippen LogP contribution >= 0.6 is 0 Å². The van der Waals surface area contributed by atoms with E-state index >= 15 is 0 Å². The number of halogens is 2. The van der Waals surface area contributed by atoms with Crippen molar-refractivity contribution in [2.45, 2.75) is 75.7 Å². The molecular weight excluding hydrogens is 356 g/mol. The molecule has 1 amide bonds. The molecule has 4 saturated heterocycles. The summed E-state index contributed by atoms with van der Waals surface area (Å²) in [5, 5.41) is 0. The number of fused-ring (bicyclic) bond motifs is 4. The second kappa shape index (κ2) is 6.90. The third-order valence-corrected chi connectivity index (χ3v) is 7.15. The Bertz CT molecular complexity index is 587. The van der Waals surface area contributed by atoms with Crippen LogP contribution in [-0.2, 0) is 14.3 Å². The van der Waals surface area contributed by atoms with E-state index in [0.29, 0.717) is 12.8 Å². The molecule has 152 valence electrons.